The molecule has 17 heavy (non-hydrogen) atoms. The molecule has 0 radical (unpaired) electrons. The van der Waals surface area contributed by atoms with Crippen molar-refractivity contribution in [1.82, 2.24) is 10.6 Å². The minimum absolute atomic E-state index is 0.195. The Bertz CT molecular complexity index is 298. The second kappa shape index (κ2) is 5.35. The highest BCUT2D eigenvalue weighted by atomic mass is 16.6. The van der Waals surface area contributed by atoms with Crippen LogP contribution in [0.15, 0.2) is 0 Å². The molecule has 0 aromatic rings. The van der Waals surface area contributed by atoms with Gasteiger partial charge in [0.15, 0.2) is 0 Å². The first-order chi connectivity index (χ1) is 7.78. The predicted octanol–water partition coefficient (Wildman–Crippen LogP) is 0.574. The zero-order chi connectivity index (χ0) is 13.1. The van der Waals surface area contributed by atoms with E-state index in [1.165, 1.54) is 0 Å². The summed E-state index contributed by atoms with van der Waals surface area (Å²) in [6, 6.07) is -0.195. The van der Waals surface area contributed by atoms with Gasteiger partial charge in [-0.25, -0.2) is 4.79 Å². The maximum Gasteiger partial charge on any atom is 0.407 e. The molecule has 0 aromatic carbocycles. The number of piperidine rings is 1. The summed E-state index contributed by atoms with van der Waals surface area (Å²) in [5.74, 6) is -1.29. The quantitative estimate of drug-likeness (QED) is 0.661. The fraction of sp³-hybridized carbons (Fsp3) is 0.818. The molecule has 0 unspecified atom stereocenters. The van der Waals surface area contributed by atoms with Crippen LogP contribution < -0.4 is 10.6 Å². The molecule has 3 N–H and O–H groups in total. The van der Waals surface area contributed by atoms with Crippen LogP contribution in [0.1, 0.15) is 27.2 Å². The molecule has 1 amide bonds. The van der Waals surface area contributed by atoms with Crippen molar-refractivity contribution >= 4 is 12.1 Å². The number of hydrogen-bond acceptors (Lipinski definition) is 4. The van der Waals surface area contributed by atoms with Gasteiger partial charge in [0.05, 0.1) is 5.92 Å². The van der Waals surface area contributed by atoms with Gasteiger partial charge in [0.2, 0.25) is 0 Å². The molecule has 0 bridgehead atoms. The van der Waals surface area contributed by atoms with Crippen LogP contribution in [0.3, 0.4) is 0 Å². The number of carboxylic acids is 1. The topological polar surface area (TPSA) is 87.7 Å². The van der Waals surface area contributed by atoms with Crippen LogP contribution in [0.5, 0.6) is 0 Å². The van der Waals surface area contributed by atoms with E-state index in [1.807, 2.05) is 0 Å². The lowest BCUT2D eigenvalue weighted by Crippen LogP contribution is -2.51. The Balaban J connectivity index is 2.41. The highest BCUT2D eigenvalue weighted by Gasteiger charge is 2.28. The molecular formula is C11H20N2O4. The molecule has 1 aliphatic rings. The Hall–Kier alpha value is -1.30. The van der Waals surface area contributed by atoms with Crippen LogP contribution >= 0.6 is 0 Å². The van der Waals surface area contributed by atoms with Crippen molar-refractivity contribution in [3.8, 4) is 0 Å². The summed E-state index contributed by atoms with van der Waals surface area (Å²) in [6.45, 7) is 6.37. The molecule has 1 saturated heterocycles. The van der Waals surface area contributed by atoms with Crippen molar-refractivity contribution in [2.75, 3.05) is 13.1 Å². The molecule has 1 heterocycles. The van der Waals surface area contributed by atoms with Gasteiger partial charge in [0.1, 0.15) is 5.60 Å². The summed E-state index contributed by atoms with van der Waals surface area (Å²) in [6.07, 6.45) is -0.0722. The minimum Gasteiger partial charge on any atom is -0.481 e. The Morgan fingerprint density at radius 2 is 2.00 bits per heavy atom. The van der Waals surface area contributed by atoms with Crippen LogP contribution in [0, 0.1) is 5.92 Å². The van der Waals surface area contributed by atoms with E-state index in [1.54, 1.807) is 20.8 Å². The largest absolute Gasteiger partial charge is 0.481 e. The Morgan fingerprint density at radius 1 is 1.35 bits per heavy atom. The zero-order valence-corrected chi connectivity index (χ0v) is 10.4. The molecule has 1 fully saturated rings. The highest BCUT2D eigenvalue weighted by molar-refractivity contribution is 5.71. The number of rotatable bonds is 2. The summed E-state index contributed by atoms with van der Waals surface area (Å²) >= 11 is 0. The molecule has 6 nitrogen and oxygen atoms in total. The van der Waals surface area contributed by atoms with Crippen molar-refractivity contribution in [3.63, 3.8) is 0 Å². The number of carbonyl (C=O) groups is 2. The van der Waals surface area contributed by atoms with Crippen molar-refractivity contribution in [3.05, 3.63) is 0 Å². The lowest BCUT2D eigenvalue weighted by molar-refractivity contribution is -0.142. The van der Waals surface area contributed by atoms with Gasteiger partial charge in [-0.2, -0.15) is 0 Å². The maximum atomic E-state index is 11.5. The van der Waals surface area contributed by atoms with Gasteiger partial charge >= 0.3 is 12.1 Å². The zero-order valence-electron chi connectivity index (χ0n) is 10.4. The molecule has 1 aliphatic heterocycles. The fourth-order valence-corrected chi connectivity index (χ4v) is 1.71. The third kappa shape index (κ3) is 5.04. The predicted molar refractivity (Wildman–Crippen MR) is 61.8 cm³/mol. The monoisotopic (exact) mass is 244 g/mol. The molecule has 1 rings (SSSR count). The molecule has 0 aliphatic carbocycles. The van der Waals surface area contributed by atoms with Gasteiger partial charge in [-0.05, 0) is 27.2 Å². The first-order valence-electron chi connectivity index (χ1n) is 5.71. The first kappa shape index (κ1) is 13.8. The van der Waals surface area contributed by atoms with Crippen LogP contribution in [-0.2, 0) is 9.53 Å². The maximum absolute atomic E-state index is 11.5. The standard InChI is InChI=1S/C11H20N2O4/c1-11(2,3)17-10(16)13-8-4-7(9(14)15)5-12-6-8/h7-8,12H,4-6H2,1-3H3,(H,13,16)(H,14,15)/t7-,8-/m1/s1. The summed E-state index contributed by atoms with van der Waals surface area (Å²) in [4.78, 5) is 22.3. The average Bonchev–Trinajstić information content (AvgIpc) is 2.14. The molecule has 2 atom stereocenters. The SMILES string of the molecule is CC(C)(C)OC(=O)N[C@H]1CNC[C@H](C(=O)O)C1. The number of alkyl carbamates (subject to hydrolysis) is 1. The fourth-order valence-electron chi connectivity index (χ4n) is 1.71. The summed E-state index contributed by atoms with van der Waals surface area (Å²) in [7, 11) is 0. The van der Waals surface area contributed by atoms with E-state index in [2.05, 4.69) is 10.6 Å². The van der Waals surface area contributed by atoms with Crippen LogP contribution in [0.2, 0.25) is 0 Å². The normalized spacial score (nSPS) is 25.1. The van der Waals surface area contributed by atoms with Gasteiger partial charge in [-0.1, -0.05) is 0 Å². The number of ether oxygens (including phenoxy) is 1. The van der Waals surface area contributed by atoms with Crippen molar-refractivity contribution < 1.29 is 19.4 Å². The summed E-state index contributed by atoms with van der Waals surface area (Å²) in [5.41, 5.74) is -0.543. The molecule has 98 valence electrons. The lowest BCUT2D eigenvalue weighted by Gasteiger charge is -2.29. The number of hydrogen-bond donors (Lipinski definition) is 3. The Kier molecular flexibility index (Phi) is 4.34. The molecule has 6 heteroatoms. The first-order valence-corrected chi connectivity index (χ1v) is 5.71. The van der Waals surface area contributed by atoms with Gasteiger partial charge in [0, 0.05) is 19.1 Å². The molecule has 0 saturated carbocycles. The third-order valence-electron chi connectivity index (χ3n) is 2.42. The molecule has 0 spiro atoms. The summed E-state index contributed by atoms with van der Waals surface area (Å²) < 4.78 is 5.11. The van der Waals surface area contributed by atoms with E-state index in [0.29, 0.717) is 19.5 Å². The lowest BCUT2D eigenvalue weighted by atomic mass is 9.96. The van der Waals surface area contributed by atoms with Crippen LogP contribution in [0.4, 0.5) is 4.79 Å². The van der Waals surface area contributed by atoms with Crippen LogP contribution in [0.25, 0.3) is 0 Å². The van der Waals surface area contributed by atoms with E-state index in [9.17, 15) is 9.59 Å². The smallest absolute Gasteiger partial charge is 0.407 e. The number of amides is 1. The Labute approximate surface area is 101 Å². The second-order valence-electron chi connectivity index (χ2n) is 5.27. The van der Waals surface area contributed by atoms with Gasteiger partial charge < -0.3 is 20.5 Å². The third-order valence-corrected chi connectivity index (χ3v) is 2.42. The number of nitrogens with one attached hydrogen (secondary N) is 2. The van der Waals surface area contributed by atoms with E-state index in [-0.39, 0.29) is 6.04 Å². The van der Waals surface area contributed by atoms with E-state index < -0.39 is 23.6 Å². The highest BCUT2D eigenvalue weighted by Crippen LogP contribution is 2.12. The van der Waals surface area contributed by atoms with Gasteiger partial charge in [0.25, 0.3) is 0 Å². The average molecular weight is 244 g/mol. The summed E-state index contributed by atoms with van der Waals surface area (Å²) in [5, 5.41) is 14.5. The van der Waals surface area contributed by atoms with Crippen LogP contribution in [-0.4, -0.2) is 41.9 Å². The number of aliphatic carboxylic acids is 1. The number of carbonyl (C=O) groups excluding carboxylic acids is 1. The number of carboxylic acid groups (broad SMARTS) is 1. The van der Waals surface area contributed by atoms with Crippen molar-refractivity contribution in [1.29, 1.82) is 0 Å². The van der Waals surface area contributed by atoms with E-state index >= 15 is 0 Å². The Morgan fingerprint density at radius 3 is 2.53 bits per heavy atom. The van der Waals surface area contributed by atoms with E-state index in [4.69, 9.17) is 9.84 Å². The second-order valence-corrected chi connectivity index (χ2v) is 5.27. The minimum atomic E-state index is -0.840. The molecular weight excluding hydrogens is 224 g/mol. The van der Waals surface area contributed by atoms with Gasteiger partial charge in [-0.15, -0.1) is 0 Å². The van der Waals surface area contributed by atoms with Crippen molar-refractivity contribution in [2.45, 2.75) is 38.8 Å². The molecule has 0 aromatic heterocycles. The van der Waals surface area contributed by atoms with Crippen molar-refractivity contribution in [2.24, 2.45) is 5.92 Å². The van der Waals surface area contributed by atoms with Gasteiger partial charge in [-0.3, -0.25) is 4.79 Å². The van der Waals surface area contributed by atoms with E-state index in [0.717, 1.165) is 0 Å².